The smallest absolute Gasteiger partial charge is 0.229 e. The highest BCUT2D eigenvalue weighted by Crippen LogP contribution is 2.48. The predicted octanol–water partition coefficient (Wildman–Crippen LogP) is 4.47. The van der Waals surface area contributed by atoms with Gasteiger partial charge in [-0.1, -0.05) is 54.6 Å². The Labute approximate surface area is 190 Å². The third-order valence-electron chi connectivity index (χ3n) is 5.63. The zero-order valence-electron chi connectivity index (χ0n) is 17.8. The zero-order chi connectivity index (χ0) is 22.9. The van der Waals surface area contributed by atoms with Crippen LogP contribution in [0.5, 0.6) is 17.4 Å². The fourth-order valence-electron chi connectivity index (χ4n) is 4.10. The molecule has 0 saturated heterocycles. The van der Waals surface area contributed by atoms with Crippen LogP contribution in [-0.4, -0.2) is 22.0 Å². The Bertz CT molecular complexity index is 1400. The summed E-state index contributed by atoms with van der Waals surface area (Å²) < 4.78 is 13.0. The van der Waals surface area contributed by atoms with Crippen LogP contribution in [0.1, 0.15) is 17.0 Å². The second-order valence-corrected chi connectivity index (χ2v) is 7.54. The lowest BCUT2D eigenvalue weighted by Crippen LogP contribution is -2.22. The van der Waals surface area contributed by atoms with E-state index in [1.54, 1.807) is 16.8 Å². The minimum absolute atomic E-state index is 0.00672. The topological polar surface area (TPSA) is 106 Å². The first kappa shape index (κ1) is 20.2. The normalized spacial score (nSPS) is 14.8. The summed E-state index contributed by atoms with van der Waals surface area (Å²) in [6.07, 6.45) is 0. The fourth-order valence-corrected chi connectivity index (χ4v) is 4.10. The summed E-state index contributed by atoms with van der Waals surface area (Å²) in [6, 6.07) is 26.5. The van der Waals surface area contributed by atoms with Gasteiger partial charge in [-0.2, -0.15) is 15.0 Å². The number of phenols is 1. The average molecular weight is 436 g/mol. The first-order valence-electron chi connectivity index (χ1n) is 10.3. The van der Waals surface area contributed by atoms with E-state index in [9.17, 15) is 10.4 Å². The van der Waals surface area contributed by atoms with Crippen molar-refractivity contribution in [2.45, 2.75) is 5.92 Å². The van der Waals surface area contributed by atoms with E-state index in [2.05, 4.69) is 6.07 Å². The van der Waals surface area contributed by atoms with Crippen molar-refractivity contribution in [2.24, 2.45) is 5.73 Å². The quantitative estimate of drug-likeness (QED) is 0.489. The van der Waals surface area contributed by atoms with Crippen molar-refractivity contribution in [1.29, 1.82) is 5.26 Å². The van der Waals surface area contributed by atoms with Gasteiger partial charge in [-0.25, -0.2) is 0 Å². The van der Waals surface area contributed by atoms with Crippen molar-refractivity contribution < 1.29 is 14.6 Å². The second kappa shape index (κ2) is 8.09. The number of methoxy groups -OCH3 is 1. The van der Waals surface area contributed by atoms with Crippen molar-refractivity contribution in [3.8, 4) is 40.4 Å². The summed E-state index contributed by atoms with van der Waals surface area (Å²) >= 11 is 0. The first-order chi connectivity index (χ1) is 16.1. The Hall–Kier alpha value is -4.70. The van der Waals surface area contributed by atoms with Crippen LogP contribution in [0.15, 0.2) is 90.3 Å². The van der Waals surface area contributed by atoms with Crippen molar-refractivity contribution >= 4 is 0 Å². The van der Waals surface area contributed by atoms with Crippen molar-refractivity contribution in [3.05, 3.63) is 101 Å². The molecule has 1 aliphatic heterocycles. The molecule has 4 aromatic rings. The monoisotopic (exact) mass is 436 g/mol. The highest BCUT2D eigenvalue weighted by atomic mass is 16.5. The predicted molar refractivity (Wildman–Crippen MR) is 123 cm³/mol. The van der Waals surface area contributed by atoms with Gasteiger partial charge < -0.3 is 20.3 Å². The lowest BCUT2D eigenvalue weighted by atomic mass is 9.83. The molecule has 0 saturated carbocycles. The number of hydrogen-bond donors (Lipinski definition) is 2. The number of nitriles is 1. The number of nitrogens with two attached hydrogens (primary N) is 1. The Morgan fingerprint density at radius 3 is 2.42 bits per heavy atom. The summed E-state index contributed by atoms with van der Waals surface area (Å²) in [5, 5.41) is 25.0. The van der Waals surface area contributed by atoms with E-state index in [1.807, 2.05) is 60.7 Å². The number of nitrogens with zero attached hydrogens (tertiary/aromatic N) is 3. The second-order valence-electron chi connectivity index (χ2n) is 7.54. The lowest BCUT2D eigenvalue weighted by molar-refractivity contribution is 0.365. The third kappa shape index (κ3) is 3.34. The van der Waals surface area contributed by atoms with E-state index >= 15 is 0 Å². The standard InChI is InChI=1S/C26H20N4O3/c1-32-21-14-17(12-13-20(21)31)22-19(15-27)25(28)33-26-23(22)24(16-8-4-2-5-9-16)29-30(26)18-10-6-3-7-11-18/h2-14,22,31H,28H2,1H3. The molecule has 0 fully saturated rings. The van der Waals surface area contributed by atoms with Crippen LogP contribution >= 0.6 is 0 Å². The van der Waals surface area contributed by atoms with Crippen LogP contribution in [0.4, 0.5) is 0 Å². The first-order valence-corrected chi connectivity index (χ1v) is 10.3. The summed E-state index contributed by atoms with van der Waals surface area (Å²) in [7, 11) is 1.48. The van der Waals surface area contributed by atoms with Gasteiger partial charge in [0.2, 0.25) is 11.8 Å². The van der Waals surface area contributed by atoms with Crippen molar-refractivity contribution in [2.75, 3.05) is 7.11 Å². The molecular formula is C26H20N4O3. The van der Waals surface area contributed by atoms with Gasteiger partial charge in [0, 0.05) is 5.56 Å². The summed E-state index contributed by atoms with van der Waals surface area (Å²) in [5.41, 5.74) is 10.3. The maximum Gasteiger partial charge on any atom is 0.229 e. The Kier molecular flexibility index (Phi) is 4.96. The molecule has 1 unspecified atom stereocenters. The van der Waals surface area contributed by atoms with E-state index in [1.165, 1.54) is 13.2 Å². The number of benzene rings is 3. The SMILES string of the molecule is COc1cc(C2C(C#N)=C(N)Oc3c2c(-c2ccccc2)nn3-c2ccccc2)ccc1O. The minimum Gasteiger partial charge on any atom is -0.504 e. The average Bonchev–Trinajstić information content (AvgIpc) is 3.23. The van der Waals surface area contributed by atoms with Crippen molar-refractivity contribution in [1.82, 2.24) is 9.78 Å². The number of rotatable bonds is 4. The third-order valence-corrected chi connectivity index (χ3v) is 5.63. The number of fused-ring (bicyclic) bond motifs is 1. The Balaban J connectivity index is 1.83. The number of ether oxygens (including phenoxy) is 2. The number of allylic oxidation sites excluding steroid dienone is 1. The molecule has 1 atom stereocenters. The highest BCUT2D eigenvalue weighted by molar-refractivity contribution is 5.72. The number of hydrogen-bond acceptors (Lipinski definition) is 6. The molecule has 0 spiro atoms. The largest absolute Gasteiger partial charge is 0.504 e. The van der Waals surface area contributed by atoms with E-state index in [-0.39, 0.29) is 17.2 Å². The van der Waals surface area contributed by atoms with Crippen LogP contribution in [0.2, 0.25) is 0 Å². The lowest BCUT2D eigenvalue weighted by Gasteiger charge is -2.25. The molecule has 3 N–H and O–H groups in total. The fraction of sp³-hybridized carbons (Fsp3) is 0.0769. The molecule has 7 heteroatoms. The van der Waals surface area contributed by atoms with Gasteiger partial charge in [-0.3, -0.25) is 0 Å². The van der Waals surface area contributed by atoms with Gasteiger partial charge in [0.05, 0.1) is 24.3 Å². The highest BCUT2D eigenvalue weighted by Gasteiger charge is 2.38. The van der Waals surface area contributed by atoms with Gasteiger partial charge in [-0.05, 0) is 29.8 Å². The van der Waals surface area contributed by atoms with Gasteiger partial charge in [0.15, 0.2) is 11.5 Å². The molecule has 162 valence electrons. The van der Waals surface area contributed by atoms with Crippen LogP contribution in [0, 0.1) is 11.3 Å². The van der Waals surface area contributed by atoms with E-state index < -0.39 is 5.92 Å². The zero-order valence-corrected chi connectivity index (χ0v) is 17.8. The number of para-hydroxylation sites is 1. The Morgan fingerprint density at radius 2 is 1.76 bits per heavy atom. The van der Waals surface area contributed by atoms with E-state index in [0.29, 0.717) is 22.9 Å². The molecule has 1 aromatic heterocycles. The Morgan fingerprint density at radius 1 is 1.06 bits per heavy atom. The van der Waals surface area contributed by atoms with E-state index in [4.69, 9.17) is 20.3 Å². The molecule has 0 aliphatic carbocycles. The molecule has 1 aliphatic rings. The molecule has 33 heavy (non-hydrogen) atoms. The maximum atomic E-state index is 10.1. The van der Waals surface area contributed by atoms with Crippen LogP contribution in [0.3, 0.4) is 0 Å². The van der Waals surface area contributed by atoms with Crippen LogP contribution < -0.4 is 15.2 Å². The molecule has 0 bridgehead atoms. The van der Waals surface area contributed by atoms with Crippen LogP contribution in [0.25, 0.3) is 16.9 Å². The number of aromatic hydroxyl groups is 1. The number of phenolic OH excluding ortho intramolecular Hbond substituents is 1. The maximum absolute atomic E-state index is 10.1. The van der Waals surface area contributed by atoms with Crippen LogP contribution in [-0.2, 0) is 0 Å². The van der Waals surface area contributed by atoms with Gasteiger partial charge >= 0.3 is 0 Å². The summed E-state index contributed by atoms with van der Waals surface area (Å²) in [5.74, 6) is 0.189. The molecule has 5 rings (SSSR count). The van der Waals surface area contributed by atoms with Gasteiger partial charge in [0.25, 0.3) is 0 Å². The molecule has 3 aromatic carbocycles. The molecular weight excluding hydrogens is 416 g/mol. The summed E-state index contributed by atoms with van der Waals surface area (Å²) in [6.45, 7) is 0. The van der Waals surface area contributed by atoms with Gasteiger partial charge in [0.1, 0.15) is 17.3 Å². The van der Waals surface area contributed by atoms with Gasteiger partial charge in [-0.15, -0.1) is 0 Å². The summed E-state index contributed by atoms with van der Waals surface area (Å²) in [4.78, 5) is 0. The molecule has 2 heterocycles. The van der Waals surface area contributed by atoms with E-state index in [0.717, 1.165) is 16.8 Å². The molecule has 0 radical (unpaired) electrons. The van der Waals surface area contributed by atoms with Crippen molar-refractivity contribution in [3.63, 3.8) is 0 Å². The molecule has 0 amide bonds. The molecule has 7 nitrogen and oxygen atoms in total. The minimum atomic E-state index is -0.569. The number of aromatic nitrogens is 2.